The number of hydrogen-bond acceptors (Lipinski definition) is 4. The van der Waals surface area contributed by atoms with Crippen molar-refractivity contribution in [3.8, 4) is 6.07 Å². The number of alkyl halides is 3. The highest BCUT2D eigenvalue weighted by Gasteiger charge is 2.42. The van der Waals surface area contributed by atoms with Crippen LogP contribution >= 0.6 is 0 Å². The second-order valence-corrected chi connectivity index (χ2v) is 6.52. The van der Waals surface area contributed by atoms with E-state index >= 15 is 0 Å². The average molecular weight is 406 g/mol. The molecule has 0 saturated carbocycles. The van der Waals surface area contributed by atoms with Crippen molar-refractivity contribution in [3.63, 3.8) is 0 Å². The number of benzene rings is 2. The lowest BCUT2D eigenvalue weighted by Crippen LogP contribution is -2.23. The van der Waals surface area contributed by atoms with Gasteiger partial charge in [0.05, 0.1) is 18.1 Å². The molecule has 0 aliphatic rings. The number of carbonyl (C=O) groups is 1. The topological polar surface area (TPSA) is 82.3 Å². The highest BCUT2D eigenvalue weighted by Crippen LogP contribution is 2.41. The first kappa shape index (κ1) is 22.2. The summed E-state index contributed by atoms with van der Waals surface area (Å²) in [6.45, 7) is 1.82. The average Bonchev–Trinajstić information content (AvgIpc) is 2.67. The van der Waals surface area contributed by atoms with E-state index in [1.54, 1.807) is 24.3 Å². The third-order valence-electron chi connectivity index (χ3n) is 4.57. The maximum atomic E-state index is 13.5. The lowest BCUT2D eigenvalue weighted by molar-refractivity contribution is -0.215. The first-order valence-electron chi connectivity index (χ1n) is 8.91. The highest BCUT2D eigenvalue weighted by molar-refractivity contribution is 5.69. The molecule has 8 heteroatoms. The fraction of sp³-hybridized carbons (Fsp3) is 0.333. The SMILES string of the molecule is CC[C@H](CC(=O)O)c1ccc([C@@H](OC)C(F)(F)F)c(Nc2ccc(C#N)cc2)c1. The van der Waals surface area contributed by atoms with E-state index in [9.17, 15) is 18.0 Å². The Morgan fingerprint density at radius 1 is 1.24 bits per heavy atom. The molecule has 0 amide bonds. The van der Waals surface area contributed by atoms with Gasteiger partial charge in [0.15, 0.2) is 6.10 Å². The minimum atomic E-state index is -4.62. The van der Waals surface area contributed by atoms with Crippen LogP contribution in [0.2, 0.25) is 0 Å². The summed E-state index contributed by atoms with van der Waals surface area (Å²) in [4.78, 5) is 11.1. The zero-order chi connectivity index (χ0) is 21.6. The first-order valence-corrected chi connectivity index (χ1v) is 8.91. The number of carboxylic acid groups (broad SMARTS) is 1. The van der Waals surface area contributed by atoms with Crippen LogP contribution in [0.3, 0.4) is 0 Å². The van der Waals surface area contributed by atoms with Gasteiger partial charge < -0.3 is 15.2 Å². The number of ether oxygens (including phenoxy) is 1. The molecule has 0 aliphatic heterocycles. The molecule has 2 aromatic rings. The number of nitrogens with zero attached hydrogens (tertiary/aromatic N) is 1. The van der Waals surface area contributed by atoms with Crippen LogP contribution in [0.25, 0.3) is 0 Å². The van der Waals surface area contributed by atoms with E-state index in [0.717, 1.165) is 7.11 Å². The lowest BCUT2D eigenvalue weighted by Gasteiger charge is -2.24. The Kier molecular flexibility index (Phi) is 7.23. The number of methoxy groups -OCH3 is 1. The molecule has 0 saturated heterocycles. The molecular formula is C21H21F3N2O3. The zero-order valence-electron chi connectivity index (χ0n) is 16.0. The molecule has 29 heavy (non-hydrogen) atoms. The molecule has 2 N–H and O–H groups in total. The maximum absolute atomic E-state index is 13.5. The van der Waals surface area contributed by atoms with Gasteiger partial charge in [0.25, 0.3) is 0 Å². The second-order valence-electron chi connectivity index (χ2n) is 6.52. The smallest absolute Gasteiger partial charge is 0.418 e. The van der Waals surface area contributed by atoms with Gasteiger partial charge in [-0.25, -0.2) is 0 Å². The molecule has 2 atom stereocenters. The van der Waals surface area contributed by atoms with Crippen molar-refractivity contribution < 1.29 is 27.8 Å². The largest absolute Gasteiger partial charge is 0.481 e. The normalized spacial score (nSPS) is 13.4. The van der Waals surface area contributed by atoms with Gasteiger partial charge in [-0.15, -0.1) is 0 Å². The summed E-state index contributed by atoms with van der Waals surface area (Å²) in [5, 5.41) is 20.9. The molecule has 0 aromatic heterocycles. The molecule has 0 bridgehead atoms. The predicted octanol–water partition coefficient (Wildman–Crippen LogP) is 5.52. The Bertz CT molecular complexity index is 890. The van der Waals surface area contributed by atoms with Crippen LogP contribution in [0.1, 0.15) is 48.5 Å². The first-order chi connectivity index (χ1) is 13.7. The van der Waals surface area contributed by atoms with Crippen molar-refractivity contribution in [2.24, 2.45) is 0 Å². The Balaban J connectivity index is 2.52. The number of nitrogens with one attached hydrogen (secondary N) is 1. The van der Waals surface area contributed by atoms with E-state index in [1.165, 1.54) is 18.2 Å². The number of nitriles is 1. The third kappa shape index (κ3) is 5.72. The zero-order valence-corrected chi connectivity index (χ0v) is 16.0. The van der Waals surface area contributed by atoms with Crippen molar-refractivity contribution in [3.05, 3.63) is 59.2 Å². The number of carboxylic acids is 1. The lowest BCUT2D eigenvalue weighted by atomic mass is 9.91. The second kappa shape index (κ2) is 9.43. The van der Waals surface area contributed by atoms with Crippen molar-refractivity contribution in [1.29, 1.82) is 5.26 Å². The Labute approximate surface area is 166 Å². The molecule has 0 spiro atoms. The fourth-order valence-electron chi connectivity index (χ4n) is 3.09. The van der Waals surface area contributed by atoms with Gasteiger partial charge in [0.1, 0.15) is 0 Å². The standard InChI is InChI=1S/C21H21F3N2O3/c1-3-14(11-19(27)28)15-6-9-17(20(29-2)21(22,23)24)18(10-15)26-16-7-4-13(12-25)5-8-16/h4-10,14,20,26H,3,11H2,1-2H3,(H,27,28)/t14-,20-/m1/s1. The van der Waals surface area contributed by atoms with Gasteiger partial charge in [-0.1, -0.05) is 19.1 Å². The Morgan fingerprint density at radius 2 is 1.90 bits per heavy atom. The van der Waals surface area contributed by atoms with Crippen LogP contribution in [0.4, 0.5) is 24.5 Å². The minimum absolute atomic E-state index is 0.113. The van der Waals surface area contributed by atoms with Gasteiger partial charge in [-0.2, -0.15) is 18.4 Å². The number of anilines is 2. The summed E-state index contributed by atoms with van der Waals surface area (Å²) < 4.78 is 45.1. The minimum Gasteiger partial charge on any atom is -0.481 e. The van der Waals surface area contributed by atoms with Crippen molar-refractivity contribution in [2.45, 2.75) is 38.0 Å². The Morgan fingerprint density at radius 3 is 2.38 bits per heavy atom. The summed E-state index contributed by atoms with van der Waals surface area (Å²) in [5.74, 6) is -1.32. The number of hydrogen-bond donors (Lipinski definition) is 2. The summed E-state index contributed by atoms with van der Waals surface area (Å²) in [7, 11) is 0.983. The summed E-state index contributed by atoms with van der Waals surface area (Å²) in [6, 6.07) is 12.6. The number of halogens is 3. The van der Waals surface area contributed by atoms with Crippen LogP contribution in [-0.2, 0) is 9.53 Å². The molecule has 0 unspecified atom stereocenters. The molecular weight excluding hydrogens is 385 g/mol. The summed E-state index contributed by atoms with van der Waals surface area (Å²) in [5.41, 5.74) is 1.58. The van der Waals surface area contributed by atoms with Crippen LogP contribution in [0.5, 0.6) is 0 Å². The van der Waals surface area contributed by atoms with E-state index in [1.807, 2.05) is 13.0 Å². The molecule has 5 nitrogen and oxygen atoms in total. The van der Waals surface area contributed by atoms with Crippen LogP contribution < -0.4 is 5.32 Å². The van der Waals surface area contributed by atoms with Gasteiger partial charge >= 0.3 is 12.1 Å². The maximum Gasteiger partial charge on any atom is 0.418 e. The van der Waals surface area contributed by atoms with Crippen LogP contribution in [0.15, 0.2) is 42.5 Å². The summed E-state index contributed by atoms with van der Waals surface area (Å²) in [6.07, 6.45) is -6.37. The van der Waals surface area contributed by atoms with Gasteiger partial charge in [-0.3, -0.25) is 4.79 Å². The number of rotatable bonds is 8. The van der Waals surface area contributed by atoms with Gasteiger partial charge in [-0.05, 0) is 48.2 Å². The molecule has 0 heterocycles. The Hall–Kier alpha value is -3.05. The quantitative estimate of drug-likeness (QED) is 0.603. The van der Waals surface area contributed by atoms with Gasteiger partial charge in [0, 0.05) is 24.0 Å². The monoisotopic (exact) mass is 406 g/mol. The van der Waals surface area contributed by atoms with Crippen LogP contribution in [-0.4, -0.2) is 24.4 Å². The van der Waals surface area contributed by atoms with Crippen molar-refractivity contribution >= 4 is 17.3 Å². The predicted molar refractivity (Wildman–Crippen MR) is 102 cm³/mol. The van der Waals surface area contributed by atoms with Gasteiger partial charge in [0.2, 0.25) is 0 Å². The molecule has 2 aromatic carbocycles. The van der Waals surface area contributed by atoms with E-state index in [4.69, 9.17) is 15.1 Å². The van der Waals surface area contributed by atoms with E-state index < -0.39 is 18.2 Å². The fourth-order valence-corrected chi connectivity index (χ4v) is 3.09. The van der Waals surface area contributed by atoms with E-state index in [-0.39, 0.29) is 23.6 Å². The van der Waals surface area contributed by atoms with E-state index in [2.05, 4.69) is 5.32 Å². The summed E-state index contributed by atoms with van der Waals surface area (Å²) >= 11 is 0. The highest BCUT2D eigenvalue weighted by atomic mass is 19.4. The van der Waals surface area contributed by atoms with Crippen LogP contribution in [0, 0.1) is 11.3 Å². The van der Waals surface area contributed by atoms with Crippen molar-refractivity contribution in [1.82, 2.24) is 0 Å². The molecule has 0 radical (unpaired) electrons. The van der Waals surface area contributed by atoms with Crippen molar-refractivity contribution in [2.75, 3.05) is 12.4 Å². The third-order valence-corrected chi connectivity index (χ3v) is 4.57. The molecule has 0 fully saturated rings. The molecule has 2 rings (SSSR count). The molecule has 0 aliphatic carbocycles. The number of aliphatic carboxylic acids is 1. The molecule has 154 valence electrons. The van der Waals surface area contributed by atoms with E-state index in [0.29, 0.717) is 23.2 Å².